The van der Waals surface area contributed by atoms with E-state index in [1.165, 1.54) is 16.7 Å². The predicted molar refractivity (Wildman–Crippen MR) is 97.9 cm³/mol. The molecule has 1 aliphatic rings. The topological polar surface area (TPSA) is 67.1 Å². The number of nitrogens with two attached hydrogens (primary N) is 1. The minimum Gasteiger partial charge on any atom is -0.399 e. The third-order valence-corrected chi connectivity index (χ3v) is 4.50. The van der Waals surface area contributed by atoms with Gasteiger partial charge in [0, 0.05) is 24.3 Å². The van der Waals surface area contributed by atoms with Gasteiger partial charge in [-0.3, -0.25) is 4.79 Å². The zero-order chi connectivity index (χ0) is 17.3. The Kier molecular flexibility index (Phi) is 4.33. The standard InChI is InChI=1S/C20H25N3O/c1-20(2,3)15-7-8-17-14(9-15)11-22-12-18(17)23-19(24)13-5-4-6-16(21)10-13/h4-10,18,22H,11-12,21H2,1-3H3,(H,23,24). The molecule has 0 saturated carbocycles. The number of amides is 1. The molecule has 0 aliphatic carbocycles. The Morgan fingerprint density at radius 3 is 2.71 bits per heavy atom. The van der Waals surface area contributed by atoms with E-state index in [4.69, 9.17) is 5.73 Å². The summed E-state index contributed by atoms with van der Waals surface area (Å²) in [4.78, 5) is 12.5. The molecule has 1 aliphatic heterocycles. The summed E-state index contributed by atoms with van der Waals surface area (Å²) in [7, 11) is 0. The Morgan fingerprint density at radius 2 is 2.00 bits per heavy atom. The molecule has 0 spiro atoms. The van der Waals surface area contributed by atoms with Crippen LogP contribution in [-0.2, 0) is 12.0 Å². The number of nitrogens with one attached hydrogen (secondary N) is 2. The van der Waals surface area contributed by atoms with E-state index in [0.29, 0.717) is 11.3 Å². The van der Waals surface area contributed by atoms with Crippen LogP contribution in [0.4, 0.5) is 5.69 Å². The molecule has 1 amide bonds. The lowest BCUT2D eigenvalue weighted by atomic mass is 9.83. The largest absolute Gasteiger partial charge is 0.399 e. The van der Waals surface area contributed by atoms with Gasteiger partial charge in [-0.05, 0) is 40.3 Å². The predicted octanol–water partition coefficient (Wildman–Crippen LogP) is 3.14. The van der Waals surface area contributed by atoms with Crippen LogP contribution < -0.4 is 16.4 Å². The van der Waals surface area contributed by atoms with E-state index in [1.807, 2.05) is 0 Å². The van der Waals surface area contributed by atoms with Crippen molar-refractivity contribution in [3.05, 3.63) is 64.7 Å². The van der Waals surface area contributed by atoms with Gasteiger partial charge in [0.25, 0.3) is 5.91 Å². The number of benzene rings is 2. The average molecular weight is 323 g/mol. The molecule has 0 bridgehead atoms. The Morgan fingerprint density at radius 1 is 1.21 bits per heavy atom. The van der Waals surface area contributed by atoms with E-state index in [-0.39, 0.29) is 17.4 Å². The maximum atomic E-state index is 12.5. The van der Waals surface area contributed by atoms with Gasteiger partial charge in [-0.15, -0.1) is 0 Å². The van der Waals surface area contributed by atoms with Gasteiger partial charge >= 0.3 is 0 Å². The van der Waals surface area contributed by atoms with Crippen molar-refractivity contribution in [1.82, 2.24) is 10.6 Å². The minimum absolute atomic E-state index is 0.0308. The van der Waals surface area contributed by atoms with Gasteiger partial charge in [-0.2, -0.15) is 0 Å². The molecular formula is C20H25N3O. The maximum absolute atomic E-state index is 12.5. The van der Waals surface area contributed by atoms with Crippen LogP contribution in [0.2, 0.25) is 0 Å². The van der Waals surface area contributed by atoms with Crippen LogP contribution in [0.3, 0.4) is 0 Å². The van der Waals surface area contributed by atoms with Crippen molar-refractivity contribution in [3.63, 3.8) is 0 Å². The van der Waals surface area contributed by atoms with E-state index in [1.54, 1.807) is 24.3 Å². The van der Waals surface area contributed by atoms with Crippen LogP contribution in [0, 0.1) is 0 Å². The second-order valence-electron chi connectivity index (χ2n) is 7.45. The lowest BCUT2D eigenvalue weighted by Crippen LogP contribution is -2.39. The molecule has 1 atom stereocenters. The zero-order valence-electron chi connectivity index (χ0n) is 14.5. The fourth-order valence-electron chi connectivity index (χ4n) is 3.08. The molecule has 3 rings (SSSR count). The molecule has 24 heavy (non-hydrogen) atoms. The van der Waals surface area contributed by atoms with Crippen molar-refractivity contribution in [2.75, 3.05) is 12.3 Å². The first-order valence-electron chi connectivity index (χ1n) is 8.35. The van der Waals surface area contributed by atoms with Gasteiger partial charge in [-0.1, -0.05) is 45.0 Å². The Balaban J connectivity index is 1.83. The quantitative estimate of drug-likeness (QED) is 0.744. The first-order chi connectivity index (χ1) is 11.3. The van der Waals surface area contributed by atoms with Gasteiger partial charge in [-0.25, -0.2) is 0 Å². The van der Waals surface area contributed by atoms with Crippen LogP contribution in [0.1, 0.15) is 53.9 Å². The van der Waals surface area contributed by atoms with E-state index < -0.39 is 0 Å². The fraction of sp³-hybridized carbons (Fsp3) is 0.350. The first-order valence-corrected chi connectivity index (χ1v) is 8.35. The summed E-state index contributed by atoms with van der Waals surface area (Å²) < 4.78 is 0. The number of nitrogen functional groups attached to an aromatic ring is 1. The molecule has 0 aromatic heterocycles. The second-order valence-corrected chi connectivity index (χ2v) is 7.45. The minimum atomic E-state index is -0.0955. The summed E-state index contributed by atoms with van der Waals surface area (Å²) in [5.74, 6) is -0.0955. The van der Waals surface area contributed by atoms with E-state index in [9.17, 15) is 4.79 Å². The molecule has 1 unspecified atom stereocenters. The summed E-state index contributed by atoms with van der Waals surface area (Å²) in [5.41, 5.74) is 10.8. The maximum Gasteiger partial charge on any atom is 0.251 e. The van der Waals surface area contributed by atoms with Gasteiger partial charge in [0.15, 0.2) is 0 Å². The monoisotopic (exact) mass is 323 g/mol. The lowest BCUT2D eigenvalue weighted by Gasteiger charge is -2.29. The van der Waals surface area contributed by atoms with Gasteiger partial charge in [0.05, 0.1) is 6.04 Å². The Bertz CT molecular complexity index is 762. The highest BCUT2D eigenvalue weighted by atomic mass is 16.1. The molecule has 126 valence electrons. The van der Waals surface area contributed by atoms with Crippen LogP contribution >= 0.6 is 0 Å². The highest BCUT2D eigenvalue weighted by Gasteiger charge is 2.24. The van der Waals surface area contributed by atoms with Crippen molar-refractivity contribution >= 4 is 11.6 Å². The van der Waals surface area contributed by atoms with Crippen molar-refractivity contribution in [2.45, 2.75) is 38.8 Å². The molecule has 0 radical (unpaired) electrons. The summed E-state index contributed by atoms with van der Waals surface area (Å²) in [6, 6.07) is 13.6. The van der Waals surface area contributed by atoms with Crippen molar-refractivity contribution in [3.8, 4) is 0 Å². The molecule has 4 heteroatoms. The van der Waals surface area contributed by atoms with Gasteiger partial charge in [0.1, 0.15) is 0 Å². The van der Waals surface area contributed by atoms with Crippen molar-refractivity contribution < 1.29 is 4.79 Å². The van der Waals surface area contributed by atoms with Crippen LogP contribution in [0.5, 0.6) is 0 Å². The van der Waals surface area contributed by atoms with Gasteiger partial charge in [0.2, 0.25) is 0 Å². The first kappa shape index (κ1) is 16.5. The number of anilines is 1. The molecule has 4 N–H and O–H groups in total. The zero-order valence-corrected chi connectivity index (χ0v) is 14.5. The van der Waals surface area contributed by atoms with Crippen LogP contribution in [0.25, 0.3) is 0 Å². The molecule has 4 nitrogen and oxygen atoms in total. The van der Waals surface area contributed by atoms with Crippen molar-refractivity contribution in [2.24, 2.45) is 0 Å². The highest BCUT2D eigenvalue weighted by molar-refractivity contribution is 5.95. The third kappa shape index (κ3) is 3.44. The van der Waals surface area contributed by atoms with Crippen LogP contribution in [-0.4, -0.2) is 12.5 Å². The molecular weight excluding hydrogens is 298 g/mol. The summed E-state index contributed by atoms with van der Waals surface area (Å²) in [6.07, 6.45) is 0. The number of carbonyl (C=O) groups excluding carboxylic acids is 1. The van der Waals surface area contributed by atoms with Crippen LogP contribution in [0.15, 0.2) is 42.5 Å². The second kappa shape index (κ2) is 6.29. The van der Waals surface area contributed by atoms with E-state index in [0.717, 1.165) is 13.1 Å². The highest BCUT2D eigenvalue weighted by Crippen LogP contribution is 2.29. The van der Waals surface area contributed by atoms with E-state index >= 15 is 0 Å². The average Bonchev–Trinajstić information content (AvgIpc) is 2.54. The summed E-state index contributed by atoms with van der Waals surface area (Å²) in [5, 5.41) is 6.52. The molecule has 1 heterocycles. The fourth-order valence-corrected chi connectivity index (χ4v) is 3.08. The summed E-state index contributed by atoms with van der Waals surface area (Å²) >= 11 is 0. The van der Waals surface area contributed by atoms with Crippen molar-refractivity contribution in [1.29, 1.82) is 0 Å². The number of rotatable bonds is 2. The normalized spacial score (nSPS) is 17.2. The number of hydrogen-bond donors (Lipinski definition) is 3. The summed E-state index contributed by atoms with van der Waals surface area (Å²) in [6.45, 7) is 8.21. The smallest absolute Gasteiger partial charge is 0.251 e. The SMILES string of the molecule is CC(C)(C)c1ccc2c(c1)CNCC2NC(=O)c1cccc(N)c1. The van der Waals surface area contributed by atoms with E-state index in [2.05, 4.69) is 49.6 Å². The molecule has 0 fully saturated rings. The van der Waals surface area contributed by atoms with Gasteiger partial charge < -0.3 is 16.4 Å². The Labute approximate surface area is 143 Å². The number of hydrogen-bond acceptors (Lipinski definition) is 3. The lowest BCUT2D eigenvalue weighted by molar-refractivity contribution is 0.0934. The number of fused-ring (bicyclic) bond motifs is 1. The third-order valence-electron chi connectivity index (χ3n) is 4.50. The Hall–Kier alpha value is -2.33. The molecule has 2 aromatic rings. The molecule has 0 saturated heterocycles. The molecule has 2 aromatic carbocycles. The number of carbonyl (C=O) groups is 1.